The fraction of sp³-hybridized carbons (Fsp3) is 0.200. The second-order valence-corrected chi connectivity index (χ2v) is 5.40. The summed E-state index contributed by atoms with van der Waals surface area (Å²) in [5, 5.41) is 7.08. The third kappa shape index (κ3) is 2.91. The molecule has 0 radical (unpaired) electrons. The number of imidazole rings is 1. The normalized spacial score (nSPS) is 13.9. The van der Waals surface area contributed by atoms with E-state index in [9.17, 15) is 4.79 Å². The van der Waals surface area contributed by atoms with Crippen LogP contribution in [-0.4, -0.2) is 25.5 Å². The van der Waals surface area contributed by atoms with Crippen molar-refractivity contribution in [3.05, 3.63) is 36.7 Å². The number of nitrogens with two attached hydrogens (primary N) is 1. The number of hydrogen-bond acceptors (Lipinski definition) is 6. The lowest BCUT2D eigenvalue weighted by atomic mass is 10.4. The van der Waals surface area contributed by atoms with Gasteiger partial charge in [0.2, 0.25) is 17.7 Å². The highest BCUT2D eigenvalue weighted by Crippen LogP contribution is 2.30. The number of aromatic nitrogens is 4. The molecule has 0 saturated heterocycles. The van der Waals surface area contributed by atoms with E-state index >= 15 is 0 Å². The van der Waals surface area contributed by atoms with Crippen molar-refractivity contribution >= 4 is 23.1 Å². The van der Waals surface area contributed by atoms with Crippen LogP contribution < -0.4 is 15.8 Å². The predicted octanol–water partition coefficient (Wildman–Crippen LogP) is 1.85. The summed E-state index contributed by atoms with van der Waals surface area (Å²) in [6.45, 7) is 0. The van der Waals surface area contributed by atoms with Crippen molar-refractivity contribution < 1.29 is 9.53 Å². The van der Waals surface area contributed by atoms with Crippen LogP contribution in [0.5, 0.6) is 11.8 Å². The summed E-state index contributed by atoms with van der Waals surface area (Å²) in [6, 6.07) is 6.80. The first kappa shape index (κ1) is 13.5. The van der Waals surface area contributed by atoms with Crippen molar-refractivity contribution in [2.24, 2.45) is 5.92 Å². The zero-order chi connectivity index (χ0) is 15.8. The fourth-order valence-electron chi connectivity index (χ4n) is 2.11. The third-order valence-corrected chi connectivity index (χ3v) is 3.46. The van der Waals surface area contributed by atoms with Gasteiger partial charge in [-0.3, -0.25) is 4.79 Å². The molecule has 0 unspecified atom stereocenters. The Kier molecular flexibility index (Phi) is 3.07. The number of carbonyl (C=O) groups is 1. The minimum atomic E-state index is 0.0101. The Bertz CT molecular complexity index is 869. The maximum absolute atomic E-state index is 11.8. The average Bonchev–Trinajstić information content (AvgIpc) is 3.31. The van der Waals surface area contributed by atoms with Gasteiger partial charge in [-0.1, -0.05) is 0 Å². The first-order valence-electron chi connectivity index (χ1n) is 7.24. The van der Waals surface area contributed by atoms with E-state index in [4.69, 9.17) is 10.5 Å². The lowest BCUT2D eigenvalue weighted by molar-refractivity contribution is -0.117. The van der Waals surface area contributed by atoms with Crippen molar-refractivity contribution in [3.8, 4) is 11.8 Å². The van der Waals surface area contributed by atoms with Gasteiger partial charge in [-0.2, -0.15) is 0 Å². The molecule has 1 aliphatic carbocycles. The van der Waals surface area contributed by atoms with Gasteiger partial charge < -0.3 is 15.8 Å². The van der Waals surface area contributed by atoms with Crippen molar-refractivity contribution in [2.75, 3.05) is 11.1 Å². The Balaban J connectivity index is 1.54. The quantitative estimate of drug-likeness (QED) is 0.761. The molecular weight excluding hydrogens is 296 g/mol. The van der Waals surface area contributed by atoms with Gasteiger partial charge in [0.15, 0.2) is 11.5 Å². The third-order valence-electron chi connectivity index (χ3n) is 3.46. The molecule has 8 nitrogen and oxygen atoms in total. The monoisotopic (exact) mass is 310 g/mol. The maximum atomic E-state index is 11.8. The molecule has 0 bridgehead atoms. The number of pyridine rings is 1. The molecule has 3 N–H and O–H groups in total. The van der Waals surface area contributed by atoms with Crippen LogP contribution in [0.2, 0.25) is 0 Å². The van der Waals surface area contributed by atoms with E-state index in [1.807, 2.05) is 0 Å². The second kappa shape index (κ2) is 5.24. The molecule has 1 aliphatic rings. The standard InChI is InChI=1S/C15H14N6O2/c16-10-3-5-13(17-7-10)23-14-6-4-12-18-11(8-21(12)20-14)19-15(22)9-1-2-9/h3-9H,1-2,16H2,(H,19,22). The zero-order valence-electron chi connectivity index (χ0n) is 12.1. The van der Waals surface area contributed by atoms with Crippen LogP contribution in [0.4, 0.5) is 11.5 Å². The van der Waals surface area contributed by atoms with Crippen LogP contribution in [-0.2, 0) is 4.79 Å². The van der Waals surface area contributed by atoms with E-state index in [0.29, 0.717) is 28.9 Å². The number of anilines is 2. The Morgan fingerprint density at radius 3 is 2.83 bits per heavy atom. The molecule has 0 spiro atoms. The summed E-state index contributed by atoms with van der Waals surface area (Å²) >= 11 is 0. The van der Waals surface area contributed by atoms with Crippen molar-refractivity contribution in [3.63, 3.8) is 0 Å². The minimum Gasteiger partial charge on any atom is -0.419 e. The molecule has 4 rings (SSSR count). The Morgan fingerprint density at radius 1 is 1.26 bits per heavy atom. The zero-order valence-corrected chi connectivity index (χ0v) is 12.1. The van der Waals surface area contributed by atoms with Crippen molar-refractivity contribution in [1.29, 1.82) is 0 Å². The van der Waals surface area contributed by atoms with Crippen LogP contribution in [0.15, 0.2) is 36.7 Å². The predicted molar refractivity (Wildman–Crippen MR) is 83.1 cm³/mol. The molecule has 0 aliphatic heterocycles. The van der Waals surface area contributed by atoms with E-state index in [2.05, 4.69) is 20.4 Å². The molecule has 116 valence electrons. The highest BCUT2D eigenvalue weighted by Gasteiger charge is 2.30. The number of rotatable bonds is 4. The van der Waals surface area contributed by atoms with Gasteiger partial charge in [0.25, 0.3) is 0 Å². The topological polar surface area (TPSA) is 107 Å². The number of ether oxygens (including phenoxy) is 1. The first-order chi connectivity index (χ1) is 11.2. The van der Waals surface area contributed by atoms with Gasteiger partial charge in [-0.05, 0) is 25.0 Å². The average molecular weight is 310 g/mol. The largest absolute Gasteiger partial charge is 0.419 e. The van der Waals surface area contributed by atoms with Crippen LogP contribution in [0, 0.1) is 5.92 Å². The molecular formula is C15H14N6O2. The Labute approximate surface area is 131 Å². The summed E-state index contributed by atoms with van der Waals surface area (Å²) in [5.74, 6) is 1.39. The van der Waals surface area contributed by atoms with Crippen LogP contribution >= 0.6 is 0 Å². The highest BCUT2D eigenvalue weighted by atomic mass is 16.5. The van der Waals surface area contributed by atoms with E-state index in [0.717, 1.165) is 12.8 Å². The molecule has 3 aromatic rings. The Hall–Kier alpha value is -3.16. The summed E-state index contributed by atoms with van der Waals surface area (Å²) in [5.41, 5.74) is 6.76. The van der Waals surface area contributed by atoms with E-state index < -0.39 is 0 Å². The number of amides is 1. The lowest BCUT2D eigenvalue weighted by Gasteiger charge is -2.03. The van der Waals surface area contributed by atoms with E-state index in [1.165, 1.54) is 6.20 Å². The number of fused-ring (bicyclic) bond motifs is 1. The SMILES string of the molecule is Nc1ccc(Oc2ccc3nc(NC(=O)C4CC4)cn3n2)nc1. The molecule has 8 heteroatoms. The number of nitrogen functional groups attached to an aromatic ring is 1. The summed E-state index contributed by atoms with van der Waals surface area (Å²) < 4.78 is 7.12. The van der Waals surface area contributed by atoms with E-state index in [-0.39, 0.29) is 11.8 Å². The number of nitrogens with zero attached hydrogens (tertiary/aromatic N) is 4. The summed E-state index contributed by atoms with van der Waals surface area (Å²) in [7, 11) is 0. The fourth-order valence-corrected chi connectivity index (χ4v) is 2.11. The molecule has 23 heavy (non-hydrogen) atoms. The molecule has 0 aromatic carbocycles. The van der Waals surface area contributed by atoms with Crippen LogP contribution in [0.25, 0.3) is 5.65 Å². The molecule has 1 amide bonds. The number of hydrogen-bond donors (Lipinski definition) is 2. The number of carbonyl (C=O) groups excluding carboxylic acids is 1. The molecule has 3 heterocycles. The summed E-state index contributed by atoms with van der Waals surface area (Å²) in [4.78, 5) is 20.1. The second-order valence-electron chi connectivity index (χ2n) is 5.40. The van der Waals surface area contributed by atoms with Gasteiger partial charge in [-0.15, -0.1) is 5.10 Å². The van der Waals surface area contributed by atoms with Crippen LogP contribution in [0.1, 0.15) is 12.8 Å². The van der Waals surface area contributed by atoms with Crippen molar-refractivity contribution in [2.45, 2.75) is 12.8 Å². The van der Waals surface area contributed by atoms with Gasteiger partial charge in [0.1, 0.15) is 0 Å². The van der Waals surface area contributed by atoms with Gasteiger partial charge >= 0.3 is 0 Å². The molecule has 1 fully saturated rings. The molecule has 0 atom stereocenters. The Morgan fingerprint density at radius 2 is 2.09 bits per heavy atom. The molecule has 1 saturated carbocycles. The van der Waals surface area contributed by atoms with Gasteiger partial charge in [0, 0.05) is 18.1 Å². The van der Waals surface area contributed by atoms with E-state index in [1.54, 1.807) is 35.0 Å². The lowest BCUT2D eigenvalue weighted by Crippen LogP contribution is -2.13. The number of nitrogens with one attached hydrogen (secondary N) is 1. The van der Waals surface area contributed by atoms with Gasteiger partial charge in [-0.25, -0.2) is 14.5 Å². The highest BCUT2D eigenvalue weighted by molar-refractivity contribution is 5.93. The maximum Gasteiger partial charge on any atom is 0.239 e. The minimum absolute atomic E-state index is 0.0101. The summed E-state index contributed by atoms with van der Waals surface area (Å²) in [6.07, 6.45) is 5.06. The van der Waals surface area contributed by atoms with Crippen LogP contribution in [0.3, 0.4) is 0 Å². The first-order valence-corrected chi connectivity index (χ1v) is 7.24. The molecule has 3 aromatic heterocycles. The smallest absolute Gasteiger partial charge is 0.239 e. The van der Waals surface area contributed by atoms with Crippen molar-refractivity contribution in [1.82, 2.24) is 19.6 Å². The van der Waals surface area contributed by atoms with Gasteiger partial charge in [0.05, 0.1) is 18.1 Å².